The Kier molecular flexibility index (Phi) is 5.83. The molecule has 2 heterocycles. The molecule has 0 N–H and O–H groups in total. The molecule has 1 aliphatic heterocycles. The van der Waals surface area contributed by atoms with Crippen molar-refractivity contribution >= 4 is 45.5 Å². The number of fused-ring (bicyclic) bond motifs is 1. The second-order valence-electron chi connectivity index (χ2n) is 5.44. The number of carbonyl (C=O) groups excluding carboxylic acids is 1. The van der Waals surface area contributed by atoms with Crippen LogP contribution in [-0.4, -0.2) is 42.3 Å². The van der Waals surface area contributed by atoms with E-state index < -0.39 is 0 Å². The molecule has 0 atom stereocenters. The van der Waals surface area contributed by atoms with Gasteiger partial charge in [0.2, 0.25) is 0 Å². The summed E-state index contributed by atoms with van der Waals surface area (Å²) in [7, 11) is 2.07. The summed E-state index contributed by atoms with van der Waals surface area (Å²) in [5, 5.41) is 5.30. The minimum atomic E-state index is -0.264. The van der Waals surface area contributed by atoms with Gasteiger partial charge in [0.25, 0.3) is 0 Å². The molecule has 0 amide bonds. The number of hydrogen-bond acceptors (Lipinski definition) is 5. The predicted molar refractivity (Wildman–Crippen MR) is 89.7 cm³/mol. The molecule has 1 aromatic heterocycles. The minimum absolute atomic E-state index is 0. The summed E-state index contributed by atoms with van der Waals surface area (Å²) >= 11 is 5.96. The van der Waals surface area contributed by atoms with Crippen molar-refractivity contribution in [2.75, 3.05) is 20.1 Å². The van der Waals surface area contributed by atoms with E-state index in [4.69, 9.17) is 20.9 Å². The zero-order chi connectivity index (χ0) is 14.8. The van der Waals surface area contributed by atoms with Gasteiger partial charge in [0.15, 0.2) is 5.58 Å². The largest absolute Gasteiger partial charge is 0.462 e. The lowest BCUT2D eigenvalue weighted by Gasteiger charge is -2.28. The second-order valence-corrected chi connectivity index (χ2v) is 5.88. The molecule has 1 aliphatic rings. The van der Waals surface area contributed by atoms with Gasteiger partial charge in [-0.3, -0.25) is 4.79 Å². The Morgan fingerprint density at radius 2 is 2.18 bits per heavy atom. The van der Waals surface area contributed by atoms with Gasteiger partial charge in [-0.1, -0.05) is 16.8 Å². The van der Waals surface area contributed by atoms with Crippen LogP contribution in [0.1, 0.15) is 18.5 Å². The number of esters is 1. The molecule has 1 aromatic carbocycles. The zero-order valence-electron chi connectivity index (χ0n) is 12.3. The van der Waals surface area contributed by atoms with Crippen molar-refractivity contribution in [3.05, 3.63) is 28.9 Å². The van der Waals surface area contributed by atoms with Crippen LogP contribution in [0.4, 0.5) is 0 Å². The smallest absolute Gasteiger partial charge is 0.312 e. The molecule has 7 heteroatoms. The number of benzene rings is 1. The maximum Gasteiger partial charge on any atom is 0.312 e. The molecule has 120 valence electrons. The summed E-state index contributed by atoms with van der Waals surface area (Å²) in [5.74, 6) is -0.264. The van der Waals surface area contributed by atoms with Crippen molar-refractivity contribution in [2.45, 2.75) is 25.4 Å². The number of nitrogens with zero attached hydrogens (tertiary/aromatic N) is 2. The highest BCUT2D eigenvalue weighted by molar-refractivity contribution is 8.93. The Morgan fingerprint density at radius 3 is 2.91 bits per heavy atom. The van der Waals surface area contributed by atoms with Gasteiger partial charge in [0.05, 0.1) is 6.42 Å². The summed E-state index contributed by atoms with van der Waals surface area (Å²) in [6, 6.07) is 5.23. The van der Waals surface area contributed by atoms with Crippen molar-refractivity contribution in [1.29, 1.82) is 0 Å². The van der Waals surface area contributed by atoms with E-state index >= 15 is 0 Å². The maximum atomic E-state index is 12.0. The average molecular weight is 390 g/mol. The number of ether oxygens (including phenoxy) is 1. The van der Waals surface area contributed by atoms with E-state index in [0.717, 1.165) is 31.3 Å². The van der Waals surface area contributed by atoms with Gasteiger partial charge in [-0.2, -0.15) is 0 Å². The van der Waals surface area contributed by atoms with Crippen LogP contribution in [-0.2, 0) is 16.0 Å². The van der Waals surface area contributed by atoms with Crippen molar-refractivity contribution in [3.63, 3.8) is 0 Å². The highest BCUT2D eigenvalue weighted by Gasteiger charge is 2.21. The Bertz CT molecular complexity index is 653. The van der Waals surface area contributed by atoms with Gasteiger partial charge < -0.3 is 14.2 Å². The molecule has 1 fully saturated rings. The fourth-order valence-corrected chi connectivity index (χ4v) is 2.73. The van der Waals surface area contributed by atoms with Gasteiger partial charge >= 0.3 is 5.97 Å². The third-order valence-corrected chi connectivity index (χ3v) is 4.02. The van der Waals surface area contributed by atoms with E-state index in [2.05, 4.69) is 17.1 Å². The number of rotatable bonds is 3. The number of halogens is 2. The SMILES string of the molecule is Br.CN1CCC(OC(=O)Cc2noc3ccc(Cl)cc23)CC1. The van der Waals surface area contributed by atoms with Crippen LogP contribution in [0.25, 0.3) is 11.0 Å². The van der Waals surface area contributed by atoms with Crippen LogP contribution in [0.5, 0.6) is 0 Å². The molecule has 0 radical (unpaired) electrons. The number of likely N-dealkylation sites (tertiary alicyclic amines) is 1. The van der Waals surface area contributed by atoms with Gasteiger partial charge in [0, 0.05) is 23.5 Å². The number of aromatic nitrogens is 1. The molecule has 0 spiro atoms. The first-order valence-electron chi connectivity index (χ1n) is 7.03. The van der Waals surface area contributed by atoms with Crippen molar-refractivity contribution in [3.8, 4) is 0 Å². The van der Waals surface area contributed by atoms with Crippen molar-refractivity contribution in [2.24, 2.45) is 0 Å². The Hall–Kier alpha value is -1.11. The second kappa shape index (κ2) is 7.44. The third-order valence-electron chi connectivity index (χ3n) is 3.78. The highest BCUT2D eigenvalue weighted by atomic mass is 79.9. The Balaban J connectivity index is 0.00000176. The molecular weight excluding hydrogens is 372 g/mol. The lowest BCUT2D eigenvalue weighted by atomic mass is 10.1. The summed E-state index contributed by atoms with van der Waals surface area (Å²) in [6.45, 7) is 1.92. The number of hydrogen-bond donors (Lipinski definition) is 0. The monoisotopic (exact) mass is 388 g/mol. The third kappa shape index (κ3) is 4.00. The van der Waals surface area contributed by atoms with Gasteiger partial charge in [-0.25, -0.2) is 0 Å². The van der Waals surface area contributed by atoms with Crippen molar-refractivity contribution in [1.82, 2.24) is 10.1 Å². The number of piperidine rings is 1. The lowest BCUT2D eigenvalue weighted by Crippen LogP contribution is -2.35. The normalized spacial score (nSPS) is 16.5. The van der Waals surface area contributed by atoms with Crippen LogP contribution in [0.2, 0.25) is 5.02 Å². The first-order chi connectivity index (χ1) is 10.1. The fraction of sp³-hybridized carbons (Fsp3) is 0.467. The summed E-state index contributed by atoms with van der Waals surface area (Å²) in [4.78, 5) is 14.3. The molecule has 1 saturated heterocycles. The van der Waals surface area contributed by atoms with E-state index in [9.17, 15) is 4.79 Å². The molecule has 0 unspecified atom stereocenters. The lowest BCUT2D eigenvalue weighted by molar-refractivity contribution is -0.150. The average Bonchev–Trinajstić information content (AvgIpc) is 2.84. The quantitative estimate of drug-likeness (QED) is 0.754. The summed E-state index contributed by atoms with van der Waals surface area (Å²) in [5.41, 5.74) is 1.20. The van der Waals surface area contributed by atoms with Crippen LogP contribution in [0.3, 0.4) is 0 Å². The van der Waals surface area contributed by atoms with Crippen LogP contribution < -0.4 is 0 Å². The molecule has 0 aliphatic carbocycles. The predicted octanol–water partition coefficient (Wildman–Crippen LogP) is 3.24. The fourth-order valence-electron chi connectivity index (χ4n) is 2.56. The van der Waals surface area contributed by atoms with Gasteiger partial charge in [-0.05, 0) is 38.1 Å². The highest BCUT2D eigenvalue weighted by Crippen LogP contribution is 2.23. The Labute approximate surface area is 144 Å². The van der Waals surface area contributed by atoms with Gasteiger partial charge in [-0.15, -0.1) is 17.0 Å². The summed E-state index contributed by atoms with van der Waals surface area (Å²) < 4.78 is 10.7. The molecule has 0 bridgehead atoms. The Morgan fingerprint density at radius 1 is 1.45 bits per heavy atom. The first-order valence-corrected chi connectivity index (χ1v) is 7.41. The maximum absolute atomic E-state index is 12.0. The number of carbonyl (C=O) groups is 1. The molecule has 0 saturated carbocycles. The van der Waals surface area contributed by atoms with Crippen LogP contribution >= 0.6 is 28.6 Å². The molecule has 22 heavy (non-hydrogen) atoms. The van der Waals surface area contributed by atoms with Crippen LogP contribution in [0.15, 0.2) is 22.7 Å². The zero-order valence-corrected chi connectivity index (χ0v) is 14.7. The standard InChI is InChI=1S/C15H17ClN2O3.BrH/c1-18-6-4-11(5-7-18)20-15(19)9-13-12-8-10(16)2-3-14(12)21-17-13;/h2-3,8,11H,4-7,9H2,1H3;1H. The van der Waals surface area contributed by atoms with E-state index in [1.165, 1.54) is 0 Å². The van der Waals surface area contributed by atoms with Gasteiger partial charge in [0.1, 0.15) is 11.8 Å². The molecule has 5 nitrogen and oxygen atoms in total. The van der Waals surface area contributed by atoms with Crippen LogP contribution in [0, 0.1) is 0 Å². The minimum Gasteiger partial charge on any atom is -0.462 e. The van der Waals surface area contributed by atoms with E-state index in [1.807, 2.05) is 0 Å². The van der Waals surface area contributed by atoms with E-state index in [0.29, 0.717) is 16.3 Å². The molecule has 3 rings (SSSR count). The summed E-state index contributed by atoms with van der Waals surface area (Å²) in [6.07, 6.45) is 1.89. The van der Waals surface area contributed by atoms with Crippen molar-refractivity contribution < 1.29 is 14.1 Å². The molecular formula is C15H18BrClN2O3. The van der Waals surface area contributed by atoms with E-state index in [1.54, 1.807) is 18.2 Å². The first kappa shape index (κ1) is 17.2. The molecule has 2 aromatic rings. The van der Waals surface area contributed by atoms with E-state index in [-0.39, 0.29) is 35.5 Å². The topological polar surface area (TPSA) is 55.6 Å².